The highest BCUT2D eigenvalue weighted by molar-refractivity contribution is 5.97. The molecule has 1 aliphatic rings. The highest BCUT2D eigenvalue weighted by atomic mass is 16.5. The van der Waals surface area contributed by atoms with Crippen molar-refractivity contribution >= 4 is 5.84 Å². The molecule has 0 aromatic heterocycles. The minimum Gasteiger partial charge on any atom is -0.493 e. The van der Waals surface area contributed by atoms with Gasteiger partial charge in [-0.1, -0.05) is 5.16 Å². The number of hydrogen-bond donors (Lipinski definition) is 2. The summed E-state index contributed by atoms with van der Waals surface area (Å²) in [5.74, 6) is 1.05. The molecule has 14 heavy (non-hydrogen) atoms. The van der Waals surface area contributed by atoms with Crippen molar-refractivity contribution < 1.29 is 9.94 Å². The third-order valence-electron chi connectivity index (χ3n) is 2.31. The highest BCUT2D eigenvalue weighted by Crippen LogP contribution is 2.25. The number of nitrogens with zero attached hydrogens (tertiary/aromatic N) is 1. The van der Waals surface area contributed by atoms with Crippen molar-refractivity contribution in [1.29, 1.82) is 0 Å². The van der Waals surface area contributed by atoms with Crippen LogP contribution in [0.2, 0.25) is 0 Å². The maximum atomic E-state index is 8.52. The first kappa shape index (κ1) is 8.87. The number of amidine groups is 1. The summed E-state index contributed by atoms with van der Waals surface area (Å²) >= 11 is 0. The van der Waals surface area contributed by atoms with Crippen LogP contribution in [0.15, 0.2) is 23.4 Å². The van der Waals surface area contributed by atoms with Gasteiger partial charge in [-0.25, -0.2) is 0 Å². The number of ether oxygens (including phenoxy) is 1. The molecule has 74 valence electrons. The van der Waals surface area contributed by atoms with Gasteiger partial charge in [-0.05, 0) is 36.6 Å². The van der Waals surface area contributed by atoms with E-state index in [9.17, 15) is 0 Å². The van der Waals surface area contributed by atoms with E-state index in [0.29, 0.717) is 0 Å². The second-order valence-corrected chi connectivity index (χ2v) is 3.26. The van der Waals surface area contributed by atoms with Crippen LogP contribution in [0.1, 0.15) is 17.5 Å². The summed E-state index contributed by atoms with van der Waals surface area (Å²) in [5, 5.41) is 11.5. The molecule has 0 atom stereocenters. The molecule has 0 saturated carbocycles. The lowest BCUT2D eigenvalue weighted by Crippen LogP contribution is -2.15. The van der Waals surface area contributed by atoms with E-state index in [2.05, 4.69) is 5.16 Å². The van der Waals surface area contributed by atoms with E-state index in [1.165, 1.54) is 0 Å². The van der Waals surface area contributed by atoms with Gasteiger partial charge in [0, 0.05) is 5.56 Å². The Hall–Kier alpha value is -1.71. The molecular weight excluding hydrogens is 180 g/mol. The Labute approximate surface area is 82.0 Å². The van der Waals surface area contributed by atoms with E-state index < -0.39 is 0 Å². The molecule has 0 amide bonds. The number of aryl methyl sites for hydroxylation is 1. The van der Waals surface area contributed by atoms with E-state index in [4.69, 9.17) is 15.7 Å². The van der Waals surface area contributed by atoms with Crippen LogP contribution in [0.25, 0.3) is 0 Å². The number of oxime groups is 1. The van der Waals surface area contributed by atoms with Crippen molar-refractivity contribution in [1.82, 2.24) is 0 Å². The Bertz CT molecular complexity index is 374. The molecule has 0 fully saturated rings. The fourth-order valence-electron chi connectivity index (χ4n) is 1.58. The first-order valence-electron chi connectivity index (χ1n) is 4.55. The van der Waals surface area contributed by atoms with Crippen molar-refractivity contribution in [2.24, 2.45) is 10.9 Å². The summed E-state index contributed by atoms with van der Waals surface area (Å²) in [6, 6.07) is 5.56. The summed E-state index contributed by atoms with van der Waals surface area (Å²) in [7, 11) is 0. The maximum Gasteiger partial charge on any atom is 0.170 e. The summed E-state index contributed by atoms with van der Waals surface area (Å²) < 4.78 is 5.45. The molecular formula is C10H12N2O2. The van der Waals surface area contributed by atoms with Crippen LogP contribution in [0.3, 0.4) is 0 Å². The predicted molar refractivity (Wildman–Crippen MR) is 52.8 cm³/mol. The van der Waals surface area contributed by atoms with E-state index in [1.807, 2.05) is 12.1 Å². The van der Waals surface area contributed by atoms with Crippen LogP contribution in [0, 0.1) is 0 Å². The molecule has 1 aromatic rings. The molecule has 3 N–H and O–H groups in total. The van der Waals surface area contributed by atoms with Gasteiger partial charge in [0.15, 0.2) is 5.84 Å². The van der Waals surface area contributed by atoms with Gasteiger partial charge >= 0.3 is 0 Å². The van der Waals surface area contributed by atoms with Gasteiger partial charge in [0.1, 0.15) is 5.75 Å². The summed E-state index contributed by atoms with van der Waals surface area (Å²) in [5.41, 5.74) is 7.35. The van der Waals surface area contributed by atoms with Crippen LogP contribution in [-0.2, 0) is 6.42 Å². The van der Waals surface area contributed by atoms with Crippen LogP contribution in [0.5, 0.6) is 5.75 Å². The lowest BCUT2D eigenvalue weighted by molar-refractivity contribution is 0.288. The molecule has 0 aliphatic carbocycles. The monoisotopic (exact) mass is 192 g/mol. The quantitative estimate of drug-likeness (QED) is 0.303. The first-order chi connectivity index (χ1) is 6.81. The molecule has 4 nitrogen and oxygen atoms in total. The Balaban J connectivity index is 2.38. The van der Waals surface area contributed by atoms with E-state index in [-0.39, 0.29) is 5.84 Å². The van der Waals surface area contributed by atoms with Gasteiger partial charge in [-0.2, -0.15) is 0 Å². The van der Waals surface area contributed by atoms with Crippen LogP contribution >= 0.6 is 0 Å². The third-order valence-corrected chi connectivity index (χ3v) is 2.31. The second-order valence-electron chi connectivity index (χ2n) is 3.26. The average molecular weight is 192 g/mol. The number of rotatable bonds is 1. The largest absolute Gasteiger partial charge is 0.493 e. The molecule has 2 rings (SSSR count). The predicted octanol–water partition coefficient (Wildman–Crippen LogP) is 1.11. The van der Waals surface area contributed by atoms with Gasteiger partial charge in [0.2, 0.25) is 0 Å². The lowest BCUT2D eigenvalue weighted by Gasteiger charge is -2.17. The van der Waals surface area contributed by atoms with Gasteiger partial charge in [-0.3, -0.25) is 0 Å². The lowest BCUT2D eigenvalue weighted by atomic mass is 10.0. The Morgan fingerprint density at radius 3 is 3.14 bits per heavy atom. The molecule has 0 saturated heterocycles. The molecule has 0 radical (unpaired) electrons. The zero-order chi connectivity index (χ0) is 9.97. The van der Waals surface area contributed by atoms with E-state index in [1.54, 1.807) is 6.07 Å². The minimum atomic E-state index is 0.137. The van der Waals surface area contributed by atoms with Crippen LogP contribution in [-0.4, -0.2) is 17.6 Å². The zero-order valence-electron chi connectivity index (χ0n) is 7.73. The zero-order valence-corrected chi connectivity index (χ0v) is 7.73. The summed E-state index contributed by atoms with van der Waals surface area (Å²) in [4.78, 5) is 0. The van der Waals surface area contributed by atoms with Gasteiger partial charge < -0.3 is 15.7 Å². The number of hydrogen-bond acceptors (Lipinski definition) is 3. The topological polar surface area (TPSA) is 67.8 Å². The average Bonchev–Trinajstić information content (AvgIpc) is 2.27. The standard InChI is InChI=1S/C10H12N2O2/c11-10(12-13)8-3-4-9-7(6-8)2-1-5-14-9/h3-4,6,13H,1-2,5H2,(H2,11,12). The summed E-state index contributed by atoms with van der Waals surface area (Å²) in [6.45, 7) is 0.774. The summed E-state index contributed by atoms with van der Waals surface area (Å²) in [6.07, 6.45) is 2.01. The van der Waals surface area contributed by atoms with Crippen molar-refractivity contribution in [3.05, 3.63) is 29.3 Å². The molecule has 0 spiro atoms. The third kappa shape index (κ3) is 1.51. The van der Waals surface area contributed by atoms with E-state index in [0.717, 1.165) is 36.3 Å². The van der Waals surface area contributed by atoms with E-state index >= 15 is 0 Å². The highest BCUT2D eigenvalue weighted by Gasteiger charge is 2.11. The fraction of sp³-hybridized carbons (Fsp3) is 0.300. The molecule has 0 bridgehead atoms. The Kier molecular flexibility index (Phi) is 2.26. The van der Waals surface area contributed by atoms with Crippen molar-refractivity contribution in [3.63, 3.8) is 0 Å². The Morgan fingerprint density at radius 1 is 1.50 bits per heavy atom. The second kappa shape index (κ2) is 3.57. The normalized spacial score (nSPS) is 15.9. The van der Waals surface area contributed by atoms with Crippen LogP contribution in [0.4, 0.5) is 0 Å². The fourth-order valence-corrected chi connectivity index (χ4v) is 1.58. The number of benzene rings is 1. The molecule has 1 aliphatic heterocycles. The van der Waals surface area contributed by atoms with Gasteiger partial charge in [0.05, 0.1) is 6.61 Å². The maximum absolute atomic E-state index is 8.52. The molecule has 0 unspecified atom stereocenters. The van der Waals surface area contributed by atoms with Crippen molar-refractivity contribution in [2.45, 2.75) is 12.8 Å². The Morgan fingerprint density at radius 2 is 2.36 bits per heavy atom. The van der Waals surface area contributed by atoms with Gasteiger partial charge in [-0.15, -0.1) is 0 Å². The number of nitrogens with two attached hydrogens (primary N) is 1. The molecule has 1 aromatic carbocycles. The van der Waals surface area contributed by atoms with Crippen molar-refractivity contribution in [3.8, 4) is 5.75 Å². The number of fused-ring (bicyclic) bond motifs is 1. The van der Waals surface area contributed by atoms with Crippen LogP contribution < -0.4 is 10.5 Å². The smallest absolute Gasteiger partial charge is 0.170 e. The molecule has 1 heterocycles. The van der Waals surface area contributed by atoms with Gasteiger partial charge in [0.25, 0.3) is 0 Å². The minimum absolute atomic E-state index is 0.137. The molecule has 4 heteroatoms. The SMILES string of the molecule is N/C(=N\O)c1ccc2c(c1)CCCO2. The van der Waals surface area contributed by atoms with Crippen molar-refractivity contribution in [2.75, 3.05) is 6.61 Å². The first-order valence-corrected chi connectivity index (χ1v) is 4.55.